The van der Waals surface area contributed by atoms with Crippen LogP contribution in [0.25, 0.3) is 11.3 Å². The number of carbonyl (C=O) groups excluding carboxylic acids is 2. The van der Waals surface area contributed by atoms with Crippen molar-refractivity contribution in [3.63, 3.8) is 0 Å². The van der Waals surface area contributed by atoms with E-state index in [0.29, 0.717) is 44.8 Å². The number of nitrogens with zero attached hydrogens (tertiary/aromatic N) is 1. The van der Waals surface area contributed by atoms with Gasteiger partial charge in [-0.05, 0) is 31.5 Å². The number of hydrogen-bond donors (Lipinski definition) is 1. The molecule has 0 radical (unpaired) electrons. The van der Waals surface area contributed by atoms with Crippen LogP contribution in [0.2, 0.25) is 0 Å². The smallest absolute Gasteiger partial charge is 0.336 e. The number of esters is 2. The van der Waals surface area contributed by atoms with E-state index < -0.39 is 29.3 Å². The van der Waals surface area contributed by atoms with Crippen molar-refractivity contribution in [2.45, 2.75) is 31.2 Å². The van der Waals surface area contributed by atoms with Crippen LogP contribution >= 0.6 is 11.3 Å². The summed E-state index contributed by atoms with van der Waals surface area (Å²) < 4.78 is 27.1. The quantitative estimate of drug-likeness (QED) is 0.405. The average molecular weight is 553 g/mol. The first-order valence-corrected chi connectivity index (χ1v) is 13.1. The highest BCUT2D eigenvalue weighted by Gasteiger charge is 2.59. The Morgan fingerprint density at radius 3 is 2.13 bits per heavy atom. The minimum Gasteiger partial charge on any atom is -0.493 e. The van der Waals surface area contributed by atoms with Crippen LogP contribution in [0, 0.1) is 0 Å². The molecule has 39 heavy (non-hydrogen) atoms. The third-order valence-electron chi connectivity index (χ3n) is 7.17. The van der Waals surface area contributed by atoms with Crippen LogP contribution < -0.4 is 19.5 Å². The molecule has 0 saturated heterocycles. The lowest BCUT2D eigenvalue weighted by Crippen LogP contribution is -2.60. The van der Waals surface area contributed by atoms with Crippen molar-refractivity contribution in [1.82, 2.24) is 10.3 Å². The Labute approximate surface area is 231 Å². The number of carbonyl (C=O) groups is 2. The summed E-state index contributed by atoms with van der Waals surface area (Å²) in [6.45, 7) is 3.71. The summed E-state index contributed by atoms with van der Waals surface area (Å²) in [5, 5.41) is 5.77. The fourth-order valence-corrected chi connectivity index (χ4v) is 6.42. The maximum atomic E-state index is 13.9. The number of allylic oxidation sites excluding steroid dienone is 1. The lowest BCUT2D eigenvalue weighted by Gasteiger charge is -2.47. The van der Waals surface area contributed by atoms with Gasteiger partial charge in [0.15, 0.2) is 11.5 Å². The Morgan fingerprint density at radius 1 is 0.949 bits per heavy atom. The minimum absolute atomic E-state index is 0.315. The van der Waals surface area contributed by atoms with Gasteiger partial charge in [0.25, 0.3) is 0 Å². The van der Waals surface area contributed by atoms with Crippen molar-refractivity contribution in [2.75, 3.05) is 35.5 Å². The number of methoxy groups -OCH3 is 5. The molecule has 206 valence electrons. The predicted molar refractivity (Wildman–Crippen MR) is 147 cm³/mol. The normalized spacial score (nSPS) is 20.6. The molecule has 0 fully saturated rings. The molecule has 1 aromatic heterocycles. The topological polar surface area (TPSA) is 105 Å². The number of nitrogens with one attached hydrogen (secondary N) is 1. The van der Waals surface area contributed by atoms with Crippen molar-refractivity contribution >= 4 is 23.3 Å². The number of benzene rings is 2. The minimum atomic E-state index is -1.32. The Hall–Kier alpha value is -4.05. The lowest BCUT2D eigenvalue weighted by atomic mass is 9.61. The summed E-state index contributed by atoms with van der Waals surface area (Å²) in [7, 11) is 7.31. The van der Waals surface area contributed by atoms with Crippen molar-refractivity contribution in [1.29, 1.82) is 0 Å². The SMILES string of the molecule is COC(=O)C1=C(C)NC(C)C(C(=O)OC)(c2ccccc2)C1c1nc(-c2cc(OC)c(OC)c(OC)c2)cs1. The third-order valence-corrected chi connectivity index (χ3v) is 8.08. The second-order valence-corrected chi connectivity index (χ2v) is 9.93. The molecule has 3 atom stereocenters. The predicted octanol–water partition coefficient (Wildman–Crippen LogP) is 4.47. The van der Waals surface area contributed by atoms with Crippen LogP contribution in [0.5, 0.6) is 17.2 Å². The van der Waals surface area contributed by atoms with Crippen LogP contribution in [0.1, 0.15) is 30.3 Å². The molecule has 9 nitrogen and oxygen atoms in total. The highest BCUT2D eigenvalue weighted by atomic mass is 32.1. The summed E-state index contributed by atoms with van der Waals surface area (Å²) in [4.78, 5) is 32.1. The molecule has 2 aromatic carbocycles. The van der Waals surface area contributed by atoms with E-state index in [2.05, 4.69) is 5.32 Å². The fraction of sp³-hybridized carbons (Fsp3) is 0.345. The molecule has 0 aliphatic carbocycles. The number of rotatable bonds is 8. The Morgan fingerprint density at radius 2 is 1.59 bits per heavy atom. The molecule has 10 heteroatoms. The molecular weight excluding hydrogens is 520 g/mol. The van der Waals surface area contributed by atoms with Crippen LogP contribution in [0.15, 0.2) is 59.1 Å². The maximum Gasteiger partial charge on any atom is 0.336 e. The molecule has 0 saturated carbocycles. The molecule has 3 aromatic rings. The molecule has 0 bridgehead atoms. The highest BCUT2D eigenvalue weighted by Crippen LogP contribution is 2.52. The second-order valence-electron chi connectivity index (χ2n) is 9.04. The highest BCUT2D eigenvalue weighted by molar-refractivity contribution is 7.10. The van der Waals surface area contributed by atoms with E-state index in [4.69, 9.17) is 28.7 Å². The molecule has 0 amide bonds. The van der Waals surface area contributed by atoms with Gasteiger partial charge in [-0.2, -0.15) is 0 Å². The van der Waals surface area contributed by atoms with E-state index in [1.807, 2.05) is 42.6 Å². The molecule has 1 N–H and O–H groups in total. The summed E-state index contributed by atoms with van der Waals surface area (Å²) in [6.07, 6.45) is 0. The largest absolute Gasteiger partial charge is 0.493 e. The van der Waals surface area contributed by atoms with E-state index in [0.717, 1.165) is 5.56 Å². The monoisotopic (exact) mass is 552 g/mol. The molecule has 2 heterocycles. The number of hydrogen-bond acceptors (Lipinski definition) is 10. The van der Waals surface area contributed by atoms with Gasteiger partial charge in [-0.3, -0.25) is 4.79 Å². The van der Waals surface area contributed by atoms with Gasteiger partial charge in [-0.25, -0.2) is 9.78 Å². The second kappa shape index (κ2) is 11.4. The summed E-state index contributed by atoms with van der Waals surface area (Å²) in [6, 6.07) is 12.5. The van der Waals surface area contributed by atoms with Gasteiger partial charge >= 0.3 is 11.9 Å². The fourth-order valence-electron chi connectivity index (χ4n) is 5.40. The number of thiazole rings is 1. The number of ether oxygens (including phenoxy) is 5. The molecule has 0 spiro atoms. The third kappa shape index (κ3) is 4.58. The summed E-state index contributed by atoms with van der Waals surface area (Å²) >= 11 is 1.35. The molecular formula is C29H32N2O7S. The Balaban J connectivity index is 1.99. The van der Waals surface area contributed by atoms with Gasteiger partial charge < -0.3 is 29.0 Å². The van der Waals surface area contributed by atoms with Gasteiger partial charge in [0.1, 0.15) is 10.4 Å². The van der Waals surface area contributed by atoms with E-state index >= 15 is 0 Å². The Kier molecular flexibility index (Phi) is 8.15. The van der Waals surface area contributed by atoms with Gasteiger partial charge in [-0.15, -0.1) is 11.3 Å². The first-order valence-electron chi connectivity index (χ1n) is 12.2. The first-order chi connectivity index (χ1) is 18.8. The van der Waals surface area contributed by atoms with Gasteiger partial charge in [0.05, 0.1) is 52.7 Å². The van der Waals surface area contributed by atoms with Crippen LogP contribution in [-0.4, -0.2) is 58.5 Å². The molecule has 4 rings (SSSR count). The van der Waals surface area contributed by atoms with E-state index in [1.165, 1.54) is 32.7 Å². The van der Waals surface area contributed by atoms with Crippen LogP contribution in [0.3, 0.4) is 0 Å². The summed E-state index contributed by atoms with van der Waals surface area (Å²) in [5.74, 6) is -0.404. The van der Waals surface area contributed by atoms with Gasteiger partial charge in [-0.1, -0.05) is 30.3 Å². The maximum absolute atomic E-state index is 13.9. The summed E-state index contributed by atoms with van der Waals surface area (Å²) in [5.41, 5.74) is 1.64. The van der Waals surface area contributed by atoms with Gasteiger partial charge in [0.2, 0.25) is 5.75 Å². The zero-order chi connectivity index (χ0) is 28.3. The van der Waals surface area contributed by atoms with E-state index in [-0.39, 0.29) is 0 Å². The first kappa shape index (κ1) is 28.0. The standard InChI is InChI=1S/C29H32N2O7S/c1-16-23(27(32)37-6)24(29(17(2)30-16,28(33)38-7)19-11-9-8-10-12-19)26-31-20(15-39-26)18-13-21(34-3)25(36-5)22(14-18)35-4/h8-15,17,24,30H,1-7H3. The number of aromatic nitrogens is 1. The van der Waals surface area contributed by atoms with Crippen LogP contribution in [-0.2, 0) is 24.5 Å². The van der Waals surface area contributed by atoms with E-state index in [1.54, 1.807) is 33.3 Å². The Bertz CT molecular complexity index is 1380. The van der Waals surface area contributed by atoms with Crippen LogP contribution in [0.4, 0.5) is 0 Å². The van der Waals surface area contributed by atoms with E-state index in [9.17, 15) is 9.59 Å². The average Bonchev–Trinajstić information content (AvgIpc) is 3.45. The molecule has 1 aliphatic heterocycles. The van der Waals surface area contributed by atoms with Crippen molar-refractivity contribution in [3.05, 3.63) is 69.7 Å². The zero-order valence-corrected chi connectivity index (χ0v) is 23.8. The van der Waals surface area contributed by atoms with Crippen molar-refractivity contribution < 1.29 is 33.3 Å². The molecule has 1 aliphatic rings. The lowest BCUT2D eigenvalue weighted by molar-refractivity contribution is -0.150. The van der Waals surface area contributed by atoms with Crippen molar-refractivity contribution in [2.24, 2.45) is 0 Å². The molecule has 3 unspecified atom stereocenters. The van der Waals surface area contributed by atoms with Crippen molar-refractivity contribution in [3.8, 4) is 28.5 Å². The zero-order valence-electron chi connectivity index (χ0n) is 23.0. The van der Waals surface area contributed by atoms with Gasteiger partial charge in [0, 0.05) is 22.7 Å².